The molecule has 2 aromatic rings. The first-order valence-corrected chi connectivity index (χ1v) is 8.52. The Hall–Kier alpha value is -2.80. The minimum Gasteiger partial charge on any atom is -0.482 e. The van der Waals surface area contributed by atoms with Crippen LogP contribution in [0.25, 0.3) is 0 Å². The normalized spacial score (nSPS) is 11.6. The fourth-order valence-electron chi connectivity index (χ4n) is 2.59. The number of aromatic nitrogens is 1. The van der Waals surface area contributed by atoms with Crippen molar-refractivity contribution in [2.24, 2.45) is 0 Å². The van der Waals surface area contributed by atoms with Crippen molar-refractivity contribution in [3.05, 3.63) is 51.8 Å². The highest BCUT2D eigenvalue weighted by atomic mass is 35.5. The Morgan fingerprint density at radius 2 is 1.93 bits per heavy atom. The number of hydrogen-bond donors (Lipinski definition) is 1. The number of carbonyl (C=O) groups is 3. The summed E-state index contributed by atoms with van der Waals surface area (Å²) in [6.45, 7) is 4.37. The fraction of sp³-hybridized carbons (Fsp3) is 0.316. The molecule has 2 rings (SSSR count). The lowest BCUT2D eigenvalue weighted by molar-refractivity contribution is -0.148. The van der Waals surface area contributed by atoms with Crippen LogP contribution in [0.1, 0.15) is 39.0 Å². The Labute approximate surface area is 161 Å². The molecule has 8 heteroatoms. The highest BCUT2D eigenvalue weighted by molar-refractivity contribution is 6.30. The van der Waals surface area contributed by atoms with E-state index in [1.165, 1.54) is 14.0 Å². The van der Waals surface area contributed by atoms with Crippen molar-refractivity contribution < 1.29 is 28.6 Å². The number of Topliss-reactive ketones (excluding diaryl/α,β-unsaturated/α-hetero) is 1. The molecule has 0 aliphatic heterocycles. The van der Waals surface area contributed by atoms with Crippen LogP contribution >= 0.6 is 11.6 Å². The smallest absolute Gasteiger partial charge is 0.344 e. The van der Waals surface area contributed by atoms with Crippen LogP contribution < -0.4 is 4.74 Å². The molecule has 144 valence electrons. The molecule has 1 atom stereocenters. The average Bonchev–Trinajstić information content (AvgIpc) is 2.93. The van der Waals surface area contributed by atoms with Crippen LogP contribution in [0.3, 0.4) is 0 Å². The number of esters is 2. The molecule has 1 heterocycles. The third kappa shape index (κ3) is 4.89. The van der Waals surface area contributed by atoms with E-state index >= 15 is 0 Å². The fourth-order valence-corrected chi connectivity index (χ4v) is 2.77. The molecule has 7 nitrogen and oxygen atoms in total. The number of hydrogen-bond acceptors (Lipinski definition) is 6. The standard InChI is InChI=1S/C19H20ClNO6/c1-10-16(19(24)25-4)11(2)21-17(10)18(23)12(3)27-15(22)9-26-14-7-5-6-13(20)8-14/h5-8,12,21H,9H2,1-4H3. The van der Waals surface area contributed by atoms with E-state index < -0.39 is 23.8 Å². The van der Waals surface area contributed by atoms with Gasteiger partial charge in [0.15, 0.2) is 12.7 Å². The molecule has 1 N–H and O–H groups in total. The molecule has 0 bridgehead atoms. The maximum Gasteiger partial charge on any atom is 0.344 e. The van der Waals surface area contributed by atoms with Crippen molar-refractivity contribution in [2.45, 2.75) is 26.9 Å². The molecular weight excluding hydrogens is 374 g/mol. The first-order chi connectivity index (χ1) is 12.7. The molecule has 1 aromatic heterocycles. The van der Waals surface area contributed by atoms with Gasteiger partial charge in [-0.2, -0.15) is 0 Å². The maximum atomic E-state index is 12.6. The third-order valence-corrected chi connectivity index (χ3v) is 4.14. The van der Waals surface area contributed by atoms with Crippen LogP contribution in [0.4, 0.5) is 0 Å². The highest BCUT2D eigenvalue weighted by Gasteiger charge is 2.27. The zero-order valence-corrected chi connectivity index (χ0v) is 16.2. The van der Waals surface area contributed by atoms with E-state index in [2.05, 4.69) is 4.98 Å². The number of methoxy groups -OCH3 is 1. The summed E-state index contributed by atoms with van der Waals surface area (Å²) in [5, 5.41) is 0.475. The molecule has 0 amide bonds. The van der Waals surface area contributed by atoms with Gasteiger partial charge < -0.3 is 19.2 Å². The molecule has 1 unspecified atom stereocenters. The molecule has 27 heavy (non-hydrogen) atoms. The van der Waals surface area contributed by atoms with Gasteiger partial charge >= 0.3 is 11.9 Å². The summed E-state index contributed by atoms with van der Waals surface area (Å²) in [4.78, 5) is 39.2. The second kappa shape index (κ2) is 8.73. The lowest BCUT2D eigenvalue weighted by Gasteiger charge is -2.13. The van der Waals surface area contributed by atoms with Crippen LogP contribution in [0, 0.1) is 13.8 Å². The lowest BCUT2D eigenvalue weighted by Crippen LogP contribution is -2.28. The number of ether oxygens (including phenoxy) is 3. The Morgan fingerprint density at radius 3 is 2.56 bits per heavy atom. The van der Waals surface area contributed by atoms with E-state index in [4.69, 9.17) is 25.8 Å². The quantitative estimate of drug-likeness (QED) is 0.573. The summed E-state index contributed by atoms with van der Waals surface area (Å²) in [7, 11) is 1.26. The first kappa shape index (κ1) is 20.5. The Morgan fingerprint density at radius 1 is 1.22 bits per heavy atom. The summed E-state index contributed by atoms with van der Waals surface area (Å²) >= 11 is 5.84. The van der Waals surface area contributed by atoms with Gasteiger partial charge in [-0.05, 0) is 44.5 Å². The van der Waals surface area contributed by atoms with E-state index in [0.717, 1.165) is 0 Å². The monoisotopic (exact) mass is 393 g/mol. The number of ketones is 1. The van der Waals surface area contributed by atoms with Crippen molar-refractivity contribution in [3.63, 3.8) is 0 Å². The number of aromatic amines is 1. The molecule has 1 aromatic carbocycles. The summed E-state index contributed by atoms with van der Waals surface area (Å²) in [5.74, 6) is -1.29. The summed E-state index contributed by atoms with van der Waals surface area (Å²) in [6, 6.07) is 6.57. The zero-order valence-electron chi connectivity index (χ0n) is 15.4. The van der Waals surface area contributed by atoms with E-state index in [1.807, 2.05) is 0 Å². The number of rotatable bonds is 7. The second-order valence-corrected chi connectivity index (χ2v) is 6.30. The number of carbonyl (C=O) groups excluding carboxylic acids is 3. The zero-order chi connectivity index (χ0) is 20.1. The SMILES string of the molecule is COC(=O)c1c(C)[nH]c(C(=O)C(C)OC(=O)COc2cccc(Cl)c2)c1C. The van der Waals surface area contributed by atoms with Crippen molar-refractivity contribution in [3.8, 4) is 5.75 Å². The molecule has 0 aliphatic rings. The topological polar surface area (TPSA) is 94.7 Å². The van der Waals surface area contributed by atoms with Crippen molar-refractivity contribution >= 4 is 29.3 Å². The summed E-state index contributed by atoms with van der Waals surface area (Å²) in [5.41, 5.74) is 1.44. The number of nitrogens with one attached hydrogen (secondary N) is 1. The number of aryl methyl sites for hydroxylation is 1. The van der Waals surface area contributed by atoms with Gasteiger partial charge in [-0.3, -0.25) is 4.79 Å². The molecule has 0 radical (unpaired) electrons. The Kier molecular flexibility index (Phi) is 6.63. The van der Waals surface area contributed by atoms with Gasteiger partial charge in [0.25, 0.3) is 0 Å². The average molecular weight is 394 g/mol. The third-order valence-electron chi connectivity index (χ3n) is 3.90. The predicted molar refractivity (Wildman–Crippen MR) is 98.4 cm³/mol. The maximum absolute atomic E-state index is 12.6. The second-order valence-electron chi connectivity index (χ2n) is 5.86. The van der Waals surface area contributed by atoms with Gasteiger partial charge in [0.05, 0.1) is 18.4 Å². The number of benzene rings is 1. The van der Waals surface area contributed by atoms with Gasteiger partial charge in [-0.25, -0.2) is 9.59 Å². The first-order valence-electron chi connectivity index (χ1n) is 8.14. The Bertz CT molecular complexity index is 873. The minimum atomic E-state index is -1.05. The van der Waals surface area contributed by atoms with E-state index in [0.29, 0.717) is 27.6 Å². The largest absolute Gasteiger partial charge is 0.482 e. The van der Waals surface area contributed by atoms with Crippen molar-refractivity contribution in [2.75, 3.05) is 13.7 Å². The van der Waals surface area contributed by atoms with E-state index in [9.17, 15) is 14.4 Å². The van der Waals surface area contributed by atoms with Gasteiger partial charge in [-0.1, -0.05) is 17.7 Å². The molecule has 0 spiro atoms. The predicted octanol–water partition coefficient (Wildman–Crippen LogP) is 3.26. The molecule has 0 saturated carbocycles. The van der Waals surface area contributed by atoms with Gasteiger partial charge in [-0.15, -0.1) is 0 Å². The van der Waals surface area contributed by atoms with Crippen LogP contribution in [-0.4, -0.2) is 42.5 Å². The molecule has 0 saturated heterocycles. The van der Waals surface area contributed by atoms with E-state index in [-0.39, 0.29) is 12.3 Å². The van der Waals surface area contributed by atoms with Crippen molar-refractivity contribution in [1.29, 1.82) is 0 Å². The van der Waals surface area contributed by atoms with Gasteiger partial charge in [0, 0.05) is 10.7 Å². The lowest BCUT2D eigenvalue weighted by atomic mass is 10.1. The minimum absolute atomic E-state index is 0.198. The summed E-state index contributed by atoms with van der Waals surface area (Å²) < 4.78 is 15.1. The van der Waals surface area contributed by atoms with Crippen LogP contribution in [-0.2, 0) is 14.3 Å². The van der Waals surface area contributed by atoms with Gasteiger partial charge in [0.2, 0.25) is 5.78 Å². The molecular formula is C19H20ClNO6. The Balaban J connectivity index is 2.01. The van der Waals surface area contributed by atoms with Crippen LogP contribution in [0.15, 0.2) is 24.3 Å². The summed E-state index contributed by atoms with van der Waals surface area (Å²) in [6.07, 6.45) is -1.05. The van der Waals surface area contributed by atoms with Gasteiger partial charge in [0.1, 0.15) is 5.75 Å². The van der Waals surface area contributed by atoms with Crippen LogP contribution in [0.5, 0.6) is 5.75 Å². The number of H-pyrrole nitrogens is 1. The number of halogens is 1. The molecule has 0 aliphatic carbocycles. The molecule has 0 fully saturated rings. The van der Waals surface area contributed by atoms with E-state index in [1.54, 1.807) is 38.1 Å². The van der Waals surface area contributed by atoms with Crippen LogP contribution in [0.2, 0.25) is 5.02 Å². The van der Waals surface area contributed by atoms with Crippen molar-refractivity contribution in [1.82, 2.24) is 4.98 Å². The highest BCUT2D eigenvalue weighted by Crippen LogP contribution is 2.21.